The molecule has 0 fully saturated rings. The molecular weight excluding hydrogens is 279 g/mol. The van der Waals surface area contributed by atoms with Gasteiger partial charge in [-0.3, -0.25) is 4.79 Å². The zero-order valence-electron chi connectivity index (χ0n) is 8.17. The first-order valence-electron chi connectivity index (χ1n) is 3.95. The number of benzene rings is 1. The summed E-state index contributed by atoms with van der Waals surface area (Å²) in [6.07, 6.45) is 0. The van der Waals surface area contributed by atoms with Crippen LogP contribution in [0.15, 0.2) is 12.1 Å². The summed E-state index contributed by atoms with van der Waals surface area (Å²) in [5, 5.41) is 0.0574. The van der Waals surface area contributed by atoms with Gasteiger partial charge in [-0.25, -0.2) is 4.39 Å². The molecule has 1 aromatic rings. The molecule has 0 heterocycles. The lowest BCUT2D eigenvalue weighted by Gasteiger charge is -2.12. The van der Waals surface area contributed by atoms with Crippen molar-refractivity contribution in [3.63, 3.8) is 0 Å². The average Bonchev–Trinajstić information content (AvgIpc) is 2.22. The van der Waals surface area contributed by atoms with Crippen molar-refractivity contribution in [3.05, 3.63) is 33.6 Å². The summed E-state index contributed by atoms with van der Waals surface area (Å²) in [5.74, 6) is -1.47. The van der Waals surface area contributed by atoms with Crippen molar-refractivity contribution in [2.24, 2.45) is 5.73 Å². The molecule has 0 amide bonds. The van der Waals surface area contributed by atoms with Crippen LogP contribution in [-0.2, 0) is 9.53 Å². The maximum Gasteiger partial charge on any atom is 0.327 e. The summed E-state index contributed by atoms with van der Waals surface area (Å²) in [5.41, 5.74) is 5.31. The van der Waals surface area contributed by atoms with Gasteiger partial charge in [0.05, 0.1) is 17.2 Å². The van der Waals surface area contributed by atoms with Crippen LogP contribution in [0.1, 0.15) is 11.6 Å². The summed E-state index contributed by atoms with van der Waals surface area (Å²) in [7, 11) is 1.15. The molecule has 0 unspecified atom stereocenters. The van der Waals surface area contributed by atoms with Crippen molar-refractivity contribution in [1.82, 2.24) is 0 Å². The van der Waals surface area contributed by atoms with Crippen molar-refractivity contribution in [2.75, 3.05) is 7.11 Å². The van der Waals surface area contributed by atoms with Gasteiger partial charge in [0.15, 0.2) is 0 Å². The van der Waals surface area contributed by atoms with E-state index in [9.17, 15) is 9.18 Å². The highest BCUT2D eigenvalue weighted by Gasteiger charge is 2.24. The quantitative estimate of drug-likeness (QED) is 0.672. The van der Waals surface area contributed by atoms with Gasteiger partial charge in [-0.05, 0) is 12.1 Å². The number of halogens is 4. The Morgan fingerprint density at radius 3 is 2.56 bits per heavy atom. The number of carbonyl (C=O) groups is 1. The second-order valence-corrected chi connectivity index (χ2v) is 3.54. The number of methoxy groups -OCH3 is 1. The van der Waals surface area contributed by atoms with Crippen LogP contribution >= 0.6 is 35.6 Å². The molecule has 1 rings (SSSR count). The number of hydrogen-bond donors (Lipinski definition) is 1. The second-order valence-electron chi connectivity index (χ2n) is 2.76. The Morgan fingerprint density at radius 1 is 1.50 bits per heavy atom. The first kappa shape index (κ1) is 15.4. The molecular formula is C9H9Cl3FNO2. The van der Waals surface area contributed by atoms with E-state index in [0.717, 1.165) is 13.2 Å². The van der Waals surface area contributed by atoms with Crippen LogP contribution in [0.5, 0.6) is 0 Å². The summed E-state index contributed by atoms with van der Waals surface area (Å²) in [6.45, 7) is 0. The minimum absolute atomic E-state index is 0. The molecule has 16 heavy (non-hydrogen) atoms. The van der Waals surface area contributed by atoms with Gasteiger partial charge in [0.25, 0.3) is 0 Å². The molecule has 0 aliphatic heterocycles. The van der Waals surface area contributed by atoms with Gasteiger partial charge in [-0.1, -0.05) is 23.2 Å². The van der Waals surface area contributed by atoms with Crippen LogP contribution in [0, 0.1) is 5.82 Å². The molecule has 0 aromatic heterocycles. The van der Waals surface area contributed by atoms with Crippen molar-refractivity contribution in [3.8, 4) is 0 Å². The van der Waals surface area contributed by atoms with Crippen molar-refractivity contribution >= 4 is 41.6 Å². The topological polar surface area (TPSA) is 52.3 Å². The lowest BCUT2D eigenvalue weighted by Crippen LogP contribution is -2.24. The third kappa shape index (κ3) is 2.98. The van der Waals surface area contributed by atoms with E-state index in [1.807, 2.05) is 0 Å². The second kappa shape index (κ2) is 6.25. The highest BCUT2D eigenvalue weighted by Crippen LogP contribution is 2.31. The Bertz CT molecular complexity index is 401. The molecule has 0 spiro atoms. The zero-order valence-corrected chi connectivity index (χ0v) is 10.5. The summed E-state index contributed by atoms with van der Waals surface area (Å²) in [4.78, 5) is 11.1. The van der Waals surface area contributed by atoms with E-state index >= 15 is 0 Å². The van der Waals surface area contributed by atoms with Gasteiger partial charge >= 0.3 is 5.97 Å². The lowest BCUT2D eigenvalue weighted by atomic mass is 10.1. The van der Waals surface area contributed by atoms with Gasteiger partial charge in [-0.2, -0.15) is 0 Å². The Balaban J connectivity index is 0.00000225. The molecule has 0 saturated heterocycles. The van der Waals surface area contributed by atoms with E-state index in [1.54, 1.807) is 0 Å². The van der Waals surface area contributed by atoms with E-state index in [-0.39, 0.29) is 28.0 Å². The largest absolute Gasteiger partial charge is 0.468 e. The monoisotopic (exact) mass is 287 g/mol. The van der Waals surface area contributed by atoms with Crippen molar-refractivity contribution in [2.45, 2.75) is 6.04 Å². The fourth-order valence-corrected chi connectivity index (χ4v) is 1.51. The van der Waals surface area contributed by atoms with Crippen LogP contribution in [0.3, 0.4) is 0 Å². The van der Waals surface area contributed by atoms with Crippen molar-refractivity contribution in [1.29, 1.82) is 0 Å². The van der Waals surface area contributed by atoms with E-state index in [2.05, 4.69) is 4.74 Å². The number of ether oxygens (including phenoxy) is 1. The first-order valence-corrected chi connectivity index (χ1v) is 4.71. The molecule has 90 valence electrons. The molecule has 0 saturated carbocycles. The molecule has 1 atom stereocenters. The standard InChI is InChI=1S/C9H8Cl2FNO2.ClH/c1-15-9(14)8(13)6-5(12)3-2-4(10)7(6)11;/h2-3,8H,13H2,1H3;1H/t8-;/m0./s1. The number of rotatable bonds is 2. The molecule has 1 aromatic carbocycles. The smallest absolute Gasteiger partial charge is 0.327 e. The van der Waals surface area contributed by atoms with Crippen LogP contribution < -0.4 is 5.73 Å². The SMILES string of the molecule is COC(=O)[C@@H](N)c1c(F)ccc(Cl)c1Cl.Cl. The van der Waals surface area contributed by atoms with Gasteiger partial charge in [-0.15, -0.1) is 12.4 Å². The van der Waals surface area contributed by atoms with Gasteiger partial charge in [0.2, 0.25) is 0 Å². The van der Waals surface area contributed by atoms with Crippen LogP contribution in [0.25, 0.3) is 0 Å². The maximum absolute atomic E-state index is 13.3. The normalized spacial score (nSPS) is 11.6. The van der Waals surface area contributed by atoms with Crippen molar-refractivity contribution < 1.29 is 13.9 Å². The molecule has 2 N–H and O–H groups in total. The summed E-state index contributed by atoms with van der Waals surface area (Å²) < 4.78 is 17.7. The molecule has 0 radical (unpaired) electrons. The Labute approximate surface area is 108 Å². The van der Waals surface area contributed by atoms with Crippen LogP contribution in [0.2, 0.25) is 10.0 Å². The number of hydrogen-bond acceptors (Lipinski definition) is 3. The Kier molecular flexibility index (Phi) is 6.04. The number of carbonyl (C=O) groups excluding carboxylic acids is 1. The summed E-state index contributed by atoms with van der Waals surface area (Å²) in [6, 6.07) is 1.10. The fraction of sp³-hybridized carbons (Fsp3) is 0.222. The Morgan fingerprint density at radius 2 is 2.06 bits per heavy atom. The van der Waals surface area contributed by atoms with Gasteiger partial charge in [0, 0.05) is 5.56 Å². The van der Waals surface area contributed by atoms with E-state index in [4.69, 9.17) is 28.9 Å². The van der Waals surface area contributed by atoms with Crippen LogP contribution in [0.4, 0.5) is 4.39 Å². The van der Waals surface area contributed by atoms with E-state index in [1.165, 1.54) is 6.07 Å². The number of nitrogens with two attached hydrogens (primary N) is 1. The van der Waals surface area contributed by atoms with Crippen LogP contribution in [-0.4, -0.2) is 13.1 Å². The minimum atomic E-state index is -1.28. The molecule has 7 heteroatoms. The maximum atomic E-state index is 13.3. The third-order valence-electron chi connectivity index (χ3n) is 1.85. The first-order chi connectivity index (χ1) is 6.99. The van der Waals surface area contributed by atoms with Gasteiger partial charge < -0.3 is 10.5 Å². The molecule has 0 bridgehead atoms. The summed E-state index contributed by atoms with van der Waals surface area (Å²) >= 11 is 11.4. The molecule has 3 nitrogen and oxygen atoms in total. The molecule has 0 aliphatic rings. The average molecular weight is 289 g/mol. The molecule has 0 aliphatic carbocycles. The predicted octanol–water partition coefficient (Wildman–Crippen LogP) is 2.73. The third-order valence-corrected chi connectivity index (χ3v) is 2.66. The van der Waals surface area contributed by atoms with Gasteiger partial charge in [0.1, 0.15) is 11.9 Å². The lowest BCUT2D eigenvalue weighted by molar-refractivity contribution is -0.142. The number of esters is 1. The Hall–Kier alpha value is -0.550. The van der Waals surface area contributed by atoms with E-state index < -0.39 is 17.8 Å². The highest BCUT2D eigenvalue weighted by atomic mass is 35.5. The predicted molar refractivity (Wildman–Crippen MR) is 62.6 cm³/mol. The highest BCUT2D eigenvalue weighted by molar-refractivity contribution is 6.42. The van der Waals surface area contributed by atoms with E-state index in [0.29, 0.717) is 0 Å². The minimum Gasteiger partial charge on any atom is -0.468 e. The fourth-order valence-electron chi connectivity index (χ4n) is 1.07. The zero-order chi connectivity index (χ0) is 11.6.